The molecule has 17 heavy (non-hydrogen) atoms. The lowest BCUT2D eigenvalue weighted by molar-refractivity contribution is 0.161. The van der Waals surface area contributed by atoms with E-state index in [0.717, 1.165) is 42.4 Å². The SMILES string of the molecule is Clc1snnc1CN(C[C@@H]1CCOC1)C1CC1. The van der Waals surface area contributed by atoms with Crippen LogP contribution < -0.4 is 0 Å². The third-order valence-electron chi connectivity index (χ3n) is 3.44. The minimum Gasteiger partial charge on any atom is -0.381 e. The topological polar surface area (TPSA) is 38.2 Å². The summed E-state index contributed by atoms with van der Waals surface area (Å²) in [5.74, 6) is 0.681. The van der Waals surface area contributed by atoms with E-state index in [2.05, 4.69) is 14.5 Å². The van der Waals surface area contributed by atoms with Crippen LogP contribution in [0, 0.1) is 5.92 Å². The molecule has 1 aliphatic carbocycles. The van der Waals surface area contributed by atoms with Crippen molar-refractivity contribution in [2.24, 2.45) is 5.92 Å². The van der Waals surface area contributed by atoms with Crippen LogP contribution in [0.4, 0.5) is 0 Å². The Morgan fingerprint density at radius 1 is 1.41 bits per heavy atom. The van der Waals surface area contributed by atoms with E-state index in [9.17, 15) is 0 Å². The molecule has 2 fully saturated rings. The van der Waals surface area contributed by atoms with Gasteiger partial charge in [0.05, 0.1) is 6.61 Å². The van der Waals surface area contributed by atoms with Crippen molar-refractivity contribution in [3.05, 3.63) is 10.0 Å². The second-order valence-corrected chi connectivity index (χ2v) is 6.24. The van der Waals surface area contributed by atoms with Crippen molar-refractivity contribution in [1.82, 2.24) is 14.5 Å². The fourth-order valence-electron chi connectivity index (χ4n) is 2.33. The zero-order valence-corrected chi connectivity index (χ0v) is 11.2. The minimum atomic E-state index is 0.681. The fraction of sp³-hybridized carbons (Fsp3) is 0.818. The van der Waals surface area contributed by atoms with Crippen molar-refractivity contribution >= 4 is 23.1 Å². The molecule has 2 heterocycles. The number of nitrogens with zero attached hydrogens (tertiary/aromatic N) is 3. The molecule has 0 radical (unpaired) electrons. The summed E-state index contributed by atoms with van der Waals surface area (Å²) >= 11 is 7.34. The van der Waals surface area contributed by atoms with Gasteiger partial charge in [0, 0.05) is 37.3 Å². The Kier molecular flexibility index (Phi) is 3.61. The molecule has 2 aliphatic rings. The molecular formula is C11H16ClN3OS. The van der Waals surface area contributed by atoms with Gasteiger partial charge in [0.1, 0.15) is 10.0 Å². The van der Waals surface area contributed by atoms with Crippen molar-refractivity contribution in [3.63, 3.8) is 0 Å². The number of rotatable bonds is 5. The first-order valence-electron chi connectivity index (χ1n) is 6.11. The van der Waals surface area contributed by atoms with Gasteiger partial charge in [-0.1, -0.05) is 16.1 Å². The van der Waals surface area contributed by atoms with Gasteiger partial charge in [-0.2, -0.15) is 0 Å². The van der Waals surface area contributed by atoms with E-state index in [1.54, 1.807) is 0 Å². The molecule has 1 atom stereocenters. The number of hydrogen-bond acceptors (Lipinski definition) is 5. The standard InChI is InChI=1S/C11H16ClN3OS/c12-11-10(13-14-17-11)6-15(9-1-2-9)5-8-3-4-16-7-8/h8-9H,1-7H2/t8-/m0/s1. The second-order valence-electron chi connectivity index (χ2n) is 4.88. The van der Waals surface area contributed by atoms with Gasteiger partial charge in [0.2, 0.25) is 0 Å². The Bertz CT molecular complexity index is 377. The van der Waals surface area contributed by atoms with E-state index in [4.69, 9.17) is 16.3 Å². The first-order chi connectivity index (χ1) is 8.33. The molecular weight excluding hydrogens is 258 g/mol. The maximum absolute atomic E-state index is 6.07. The Morgan fingerprint density at radius 2 is 2.29 bits per heavy atom. The van der Waals surface area contributed by atoms with Crippen molar-refractivity contribution in [2.75, 3.05) is 19.8 Å². The van der Waals surface area contributed by atoms with Gasteiger partial charge >= 0.3 is 0 Å². The molecule has 1 saturated carbocycles. The van der Waals surface area contributed by atoms with Crippen LogP contribution in [0.25, 0.3) is 0 Å². The number of hydrogen-bond donors (Lipinski definition) is 0. The second kappa shape index (κ2) is 5.18. The van der Waals surface area contributed by atoms with Crippen LogP contribution in [0.5, 0.6) is 0 Å². The molecule has 4 nitrogen and oxygen atoms in total. The Balaban J connectivity index is 1.61. The maximum atomic E-state index is 6.07. The fourth-order valence-corrected chi connectivity index (χ4v) is 2.94. The summed E-state index contributed by atoms with van der Waals surface area (Å²) in [7, 11) is 0. The quantitative estimate of drug-likeness (QED) is 0.824. The zero-order chi connectivity index (χ0) is 11.7. The van der Waals surface area contributed by atoms with Crippen molar-refractivity contribution in [3.8, 4) is 0 Å². The summed E-state index contributed by atoms with van der Waals surface area (Å²) < 4.78 is 10.1. The normalized spacial score (nSPS) is 24.7. The highest BCUT2D eigenvalue weighted by Crippen LogP contribution is 2.31. The first-order valence-corrected chi connectivity index (χ1v) is 7.26. The van der Waals surface area contributed by atoms with E-state index in [1.807, 2.05) is 0 Å². The summed E-state index contributed by atoms with van der Waals surface area (Å²) in [5.41, 5.74) is 0.933. The van der Waals surface area contributed by atoms with Crippen LogP contribution in [0.2, 0.25) is 4.34 Å². The predicted octanol–water partition coefficient (Wildman–Crippen LogP) is 2.19. The van der Waals surface area contributed by atoms with Crippen LogP contribution in [-0.4, -0.2) is 40.3 Å². The average Bonchev–Trinajstić information content (AvgIpc) is 2.91. The summed E-state index contributed by atoms with van der Waals surface area (Å²) in [4.78, 5) is 2.50. The van der Waals surface area contributed by atoms with E-state index < -0.39 is 0 Å². The number of ether oxygens (including phenoxy) is 1. The molecule has 1 saturated heterocycles. The van der Waals surface area contributed by atoms with Crippen LogP contribution in [0.15, 0.2) is 0 Å². The summed E-state index contributed by atoms with van der Waals surface area (Å²) in [6.45, 7) is 3.78. The Labute approximate surface area is 110 Å². The highest BCUT2D eigenvalue weighted by molar-refractivity contribution is 7.10. The van der Waals surface area contributed by atoms with Crippen LogP contribution in [0.3, 0.4) is 0 Å². The van der Waals surface area contributed by atoms with Crippen molar-refractivity contribution in [1.29, 1.82) is 0 Å². The molecule has 6 heteroatoms. The molecule has 0 amide bonds. The van der Waals surface area contributed by atoms with Gasteiger partial charge in [0.15, 0.2) is 0 Å². The lowest BCUT2D eigenvalue weighted by atomic mass is 10.1. The molecule has 0 unspecified atom stereocenters. The monoisotopic (exact) mass is 273 g/mol. The van der Waals surface area contributed by atoms with E-state index >= 15 is 0 Å². The predicted molar refractivity (Wildman–Crippen MR) is 67.3 cm³/mol. The summed E-state index contributed by atoms with van der Waals surface area (Å²) in [6.07, 6.45) is 3.80. The molecule has 1 aromatic heterocycles. The van der Waals surface area contributed by atoms with Crippen LogP contribution >= 0.6 is 23.1 Å². The summed E-state index contributed by atoms with van der Waals surface area (Å²) in [6, 6.07) is 0.730. The van der Waals surface area contributed by atoms with Crippen LogP contribution in [-0.2, 0) is 11.3 Å². The largest absolute Gasteiger partial charge is 0.381 e. The molecule has 94 valence electrons. The van der Waals surface area contributed by atoms with Gasteiger partial charge in [0.25, 0.3) is 0 Å². The van der Waals surface area contributed by atoms with Gasteiger partial charge in [-0.15, -0.1) is 5.10 Å². The Morgan fingerprint density at radius 3 is 2.88 bits per heavy atom. The van der Waals surface area contributed by atoms with E-state index in [0.29, 0.717) is 5.92 Å². The molecule has 0 aromatic carbocycles. The van der Waals surface area contributed by atoms with Crippen molar-refractivity contribution in [2.45, 2.75) is 31.8 Å². The van der Waals surface area contributed by atoms with Gasteiger partial charge in [-0.3, -0.25) is 4.90 Å². The van der Waals surface area contributed by atoms with Crippen molar-refractivity contribution < 1.29 is 4.74 Å². The average molecular weight is 274 g/mol. The van der Waals surface area contributed by atoms with Gasteiger partial charge < -0.3 is 4.74 Å². The van der Waals surface area contributed by atoms with Crippen LogP contribution in [0.1, 0.15) is 25.0 Å². The summed E-state index contributed by atoms with van der Waals surface area (Å²) in [5, 5.41) is 4.10. The minimum absolute atomic E-state index is 0.681. The van der Waals surface area contributed by atoms with E-state index in [-0.39, 0.29) is 0 Å². The lowest BCUT2D eigenvalue weighted by Gasteiger charge is -2.23. The molecule has 0 spiro atoms. The molecule has 0 N–H and O–H groups in total. The number of aromatic nitrogens is 2. The zero-order valence-electron chi connectivity index (χ0n) is 9.64. The third kappa shape index (κ3) is 2.96. The highest BCUT2D eigenvalue weighted by atomic mass is 35.5. The molecule has 1 aliphatic heterocycles. The van der Waals surface area contributed by atoms with E-state index in [1.165, 1.54) is 30.8 Å². The third-order valence-corrected chi connectivity index (χ3v) is 4.43. The maximum Gasteiger partial charge on any atom is 0.138 e. The smallest absolute Gasteiger partial charge is 0.138 e. The Hall–Kier alpha value is -0.230. The highest BCUT2D eigenvalue weighted by Gasteiger charge is 2.32. The molecule has 1 aromatic rings. The van der Waals surface area contributed by atoms with Gasteiger partial charge in [-0.25, -0.2) is 0 Å². The molecule has 3 rings (SSSR count). The first kappa shape index (κ1) is 11.8. The number of halogens is 1. The lowest BCUT2D eigenvalue weighted by Crippen LogP contribution is -2.31. The van der Waals surface area contributed by atoms with Gasteiger partial charge in [-0.05, 0) is 25.2 Å². The molecule has 0 bridgehead atoms.